The van der Waals surface area contributed by atoms with Gasteiger partial charge in [-0.2, -0.15) is 12.6 Å². The number of hydrogen-bond donors (Lipinski definition) is 8. The molecular formula is C16H29N5O7S. The largest absolute Gasteiger partial charge is 0.480 e. The van der Waals surface area contributed by atoms with Crippen molar-refractivity contribution in [3.63, 3.8) is 0 Å². The molecule has 0 aromatic rings. The summed E-state index contributed by atoms with van der Waals surface area (Å²) in [4.78, 5) is 58.9. The molecule has 0 bridgehead atoms. The minimum absolute atomic E-state index is 0.0580. The van der Waals surface area contributed by atoms with E-state index in [4.69, 9.17) is 21.7 Å². The third kappa shape index (κ3) is 10.1. The smallest absolute Gasteiger partial charge is 0.326 e. The summed E-state index contributed by atoms with van der Waals surface area (Å²) in [7, 11) is 0. The Morgan fingerprint density at radius 1 is 0.931 bits per heavy atom. The lowest BCUT2D eigenvalue weighted by molar-refractivity contribution is -0.143. The summed E-state index contributed by atoms with van der Waals surface area (Å²) in [5.74, 6) is -4.90. The molecular weight excluding hydrogens is 406 g/mol. The molecule has 0 saturated carbocycles. The SMILES string of the molecule is CC(C)CC(NC(=O)C(CS)NC(=O)C(N)CO)C(=O)NC(CC(N)=O)C(=O)O. The fourth-order valence-corrected chi connectivity index (χ4v) is 2.46. The van der Waals surface area contributed by atoms with Crippen molar-refractivity contribution < 1.29 is 34.2 Å². The Morgan fingerprint density at radius 2 is 1.41 bits per heavy atom. The average Bonchev–Trinajstić information content (AvgIpc) is 2.62. The van der Waals surface area contributed by atoms with Gasteiger partial charge in [-0.3, -0.25) is 19.2 Å². The highest BCUT2D eigenvalue weighted by Crippen LogP contribution is 2.07. The molecule has 4 atom stereocenters. The number of aliphatic hydroxyl groups excluding tert-OH is 1. The Labute approximate surface area is 173 Å². The highest BCUT2D eigenvalue weighted by molar-refractivity contribution is 7.80. The molecule has 13 heteroatoms. The molecule has 0 rings (SSSR count). The van der Waals surface area contributed by atoms with E-state index in [0.717, 1.165) is 0 Å². The summed E-state index contributed by atoms with van der Waals surface area (Å²) in [5, 5.41) is 24.9. The van der Waals surface area contributed by atoms with E-state index in [1.165, 1.54) is 0 Å². The van der Waals surface area contributed by atoms with Gasteiger partial charge >= 0.3 is 5.97 Å². The zero-order valence-electron chi connectivity index (χ0n) is 16.3. The van der Waals surface area contributed by atoms with Crippen molar-refractivity contribution in [2.45, 2.75) is 50.9 Å². The van der Waals surface area contributed by atoms with Gasteiger partial charge in [0.2, 0.25) is 23.6 Å². The van der Waals surface area contributed by atoms with Crippen LogP contribution >= 0.6 is 12.6 Å². The van der Waals surface area contributed by atoms with Crippen LogP contribution in [0.25, 0.3) is 0 Å². The third-order valence-corrected chi connectivity index (χ3v) is 4.07. The van der Waals surface area contributed by atoms with Crippen molar-refractivity contribution in [2.24, 2.45) is 17.4 Å². The van der Waals surface area contributed by atoms with Gasteiger partial charge in [-0.05, 0) is 12.3 Å². The van der Waals surface area contributed by atoms with Crippen molar-refractivity contribution in [1.29, 1.82) is 0 Å². The first-order valence-corrected chi connectivity index (χ1v) is 9.45. The Kier molecular flexibility index (Phi) is 11.9. The van der Waals surface area contributed by atoms with E-state index < -0.39 is 66.8 Å². The highest BCUT2D eigenvalue weighted by Gasteiger charge is 2.30. The van der Waals surface area contributed by atoms with E-state index in [9.17, 15) is 24.0 Å². The number of thiol groups is 1. The monoisotopic (exact) mass is 435 g/mol. The second-order valence-corrected chi connectivity index (χ2v) is 7.16. The number of carbonyl (C=O) groups is 5. The van der Waals surface area contributed by atoms with Crippen molar-refractivity contribution in [1.82, 2.24) is 16.0 Å². The second kappa shape index (κ2) is 13.0. The molecule has 29 heavy (non-hydrogen) atoms. The topological polar surface area (TPSA) is 214 Å². The van der Waals surface area contributed by atoms with Crippen LogP contribution in [0, 0.1) is 5.92 Å². The maximum atomic E-state index is 12.5. The van der Waals surface area contributed by atoms with Crippen LogP contribution < -0.4 is 27.4 Å². The van der Waals surface area contributed by atoms with Crippen molar-refractivity contribution in [2.75, 3.05) is 12.4 Å². The standard InChI is InChI=1S/C16H29N5O7S/c1-7(2)3-9(14(25)20-10(16(27)28)4-12(18)23)19-15(26)11(6-29)21-13(24)8(17)5-22/h7-11,22,29H,3-6,17H2,1-2H3,(H2,18,23)(H,19,26)(H,20,25)(H,21,24)(H,27,28). The van der Waals surface area contributed by atoms with Crippen molar-refractivity contribution >= 4 is 42.2 Å². The minimum atomic E-state index is -1.55. The maximum absolute atomic E-state index is 12.5. The molecule has 0 aliphatic carbocycles. The van der Waals surface area contributed by atoms with Crippen LogP contribution in [-0.2, 0) is 24.0 Å². The van der Waals surface area contributed by atoms with Gasteiger partial charge in [0.15, 0.2) is 0 Å². The third-order valence-electron chi connectivity index (χ3n) is 3.71. The van der Waals surface area contributed by atoms with E-state index in [1.807, 2.05) is 0 Å². The number of carbonyl (C=O) groups excluding carboxylic acids is 4. The Morgan fingerprint density at radius 3 is 1.83 bits per heavy atom. The number of hydrogen-bond acceptors (Lipinski definition) is 8. The number of rotatable bonds is 13. The summed E-state index contributed by atoms with van der Waals surface area (Å²) in [5.41, 5.74) is 10.4. The fourth-order valence-electron chi connectivity index (χ4n) is 2.20. The van der Waals surface area contributed by atoms with Gasteiger partial charge in [-0.1, -0.05) is 13.8 Å². The van der Waals surface area contributed by atoms with Crippen molar-refractivity contribution in [3.05, 3.63) is 0 Å². The first-order chi connectivity index (χ1) is 13.4. The molecule has 0 heterocycles. The number of aliphatic carboxylic acids is 1. The molecule has 0 aromatic carbocycles. The summed E-state index contributed by atoms with van der Waals surface area (Å²) in [6, 6.07) is -5.06. The zero-order valence-corrected chi connectivity index (χ0v) is 17.1. The van der Waals surface area contributed by atoms with E-state index in [0.29, 0.717) is 0 Å². The predicted octanol–water partition coefficient (Wildman–Crippen LogP) is -3.30. The second-order valence-electron chi connectivity index (χ2n) is 6.79. The molecule has 0 radical (unpaired) electrons. The number of carboxylic acid groups (broad SMARTS) is 1. The lowest BCUT2D eigenvalue weighted by atomic mass is 10.0. The van der Waals surface area contributed by atoms with Crippen LogP contribution in [0.5, 0.6) is 0 Å². The normalized spacial score (nSPS) is 15.0. The molecule has 0 aromatic heterocycles. The Hall–Kier alpha value is -2.38. The van der Waals surface area contributed by atoms with Gasteiger partial charge in [0.05, 0.1) is 13.0 Å². The van der Waals surface area contributed by atoms with Gasteiger partial charge in [0.25, 0.3) is 0 Å². The van der Waals surface area contributed by atoms with Gasteiger partial charge in [0, 0.05) is 5.75 Å². The van der Waals surface area contributed by atoms with Crippen LogP contribution in [0.15, 0.2) is 0 Å². The molecule has 0 fully saturated rings. The lowest BCUT2D eigenvalue weighted by Crippen LogP contribution is -2.58. The van der Waals surface area contributed by atoms with Crippen LogP contribution in [0.1, 0.15) is 26.7 Å². The summed E-state index contributed by atoms with van der Waals surface area (Å²) < 4.78 is 0. The van der Waals surface area contributed by atoms with E-state index in [2.05, 4.69) is 28.6 Å². The van der Waals surface area contributed by atoms with E-state index in [-0.39, 0.29) is 18.1 Å². The van der Waals surface area contributed by atoms with Crippen LogP contribution in [0.2, 0.25) is 0 Å². The molecule has 9 N–H and O–H groups in total. The molecule has 166 valence electrons. The zero-order chi connectivity index (χ0) is 22.7. The van der Waals surface area contributed by atoms with Gasteiger partial charge in [-0.15, -0.1) is 0 Å². The van der Waals surface area contributed by atoms with Gasteiger partial charge < -0.3 is 37.6 Å². The molecule has 4 amide bonds. The molecule has 0 aliphatic rings. The Balaban J connectivity index is 5.27. The molecule has 0 spiro atoms. The number of amides is 4. The average molecular weight is 436 g/mol. The Bertz CT molecular complexity index is 616. The maximum Gasteiger partial charge on any atom is 0.326 e. The number of carboxylic acids is 1. The summed E-state index contributed by atoms with van der Waals surface area (Å²) >= 11 is 3.98. The minimum Gasteiger partial charge on any atom is -0.480 e. The predicted molar refractivity (Wildman–Crippen MR) is 106 cm³/mol. The first-order valence-electron chi connectivity index (χ1n) is 8.82. The molecule has 0 saturated heterocycles. The molecule has 0 aliphatic heterocycles. The number of primary amides is 1. The molecule has 12 nitrogen and oxygen atoms in total. The van der Waals surface area contributed by atoms with Gasteiger partial charge in [-0.25, -0.2) is 4.79 Å². The van der Waals surface area contributed by atoms with Gasteiger partial charge in [0.1, 0.15) is 24.2 Å². The lowest BCUT2D eigenvalue weighted by Gasteiger charge is -2.25. The number of nitrogens with one attached hydrogen (secondary N) is 3. The quantitative estimate of drug-likeness (QED) is 0.137. The number of nitrogens with two attached hydrogens (primary N) is 2. The van der Waals surface area contributed by atoms with Crippen LogP contribution in [-0.4, -0.2) is 76.3 Å². The van der Waals surface area contributed by atoms with E-state index >= 15 is 0 Å². The van der Waals surface area contributed by atoms with Crippen LogP contribution in [0.3, 0.4) is 0 Å². The first kappa shape index (κ1) is 26.6. The number of aliphatic hydroxyl groups is 1. The van der Waals surface area contributed by atoms with Crippen molar-refractivity contribution in [3.8, 4) is 0 Å². The molecule has 4 unspecified atom stereocenters. The fraction of sp³-hybridized carbons (Fsp3) is 0.688. The van der Waals surface area contributed by atoms with E-state index in [1.54, 1.807) is 13.8 Å². The summed E-state index contributed by atoms with van der Waals surface area (Å²) in [6.45, 7) is 2.94. The summed E-state index contributed by atoms with van der Waals surface area (Å²) in [6.07, 6.45) is -0.457. The van der Waals surface area contributed by atoms with Crippen LogP contribution in [0.4, 0.5) is 0 Å². The highest BCUT2D eigenvalue weighted by atomic mass is 32.1.